The molecule has 1 aliphatic heterocycles. The molecule has 274 valence electrons. The summed E-state index contributed by atoms with van der Waals surface area (Å²) in [6, 6.07) is 10.6. The Morgan fingerprint density at radius 1 is 1.06 bits per heavy atom. The summed E-state index contributed by atoms with van der Waals surface area (Å²) in [6.07, 6.45) is 5.83. The predicted molar refractivity (Wildman–Crippen MR) is 196 cm³/mol. The molecule has 0 bridgehead atoms. The number of aromatic nitrogens is 4. The van der Waals surface area contributed by atoms with Crippen LogP contribution in [0.3, 0.4) is 0 Å². The van der Waals surface area contributed by atoms with Crippen LogP contribution in [0.15, 0.2) is 53.6 Å². The summed E-state index contributed by atoms with van der Waals surface area (Å²) in [7, 11) is 1.64. The minimum Gasteiger partial charge on any atom is -0.478 e. The number of nitrogens with zero attached hydrogens (tertiary/aromatic N) is 5. The maximum atomic E-state index is 14.0. The summed E-state index contributed by atoms with van der Waals surface area (Å²) < 4.78 is 20.2. The number of hydrogen-bond donors (Lipinski definition) is 1. The molecule has 13 nitrogen and oxygen atoms in total. The first kappa shape index (κ1) is 36.3. The van der Waals surface area contributed by atoms with E-state index in [1.54, 1.807) is 54.7 Å². The standard InChI is InChI=1S/C39H46N6O7/c1-24(46)51-23-28-27(13-14-40-35(28)45-16-15-44-30(37(45)49)19-25-20-39(5,6)21-31(25)44)26-18-29(36(48)43(7)22-26)41-32-10-8-11-33(42-32)50-17-9-12-34(47)52-38(2,3)4/h8,10-11,13-14,18-19,22H,9,12,15-17,20-21,23H2,1-7H3,(H,41,42). The van der Waals surface area contributed by atoms with Gasteiger partial charge in [0, 0.05) is 68.8 Å². The van der Waals surface area contributed by atoms with Gasteiger partial charge in [-0.3, -0.25) is 24.1 Å². The zero-order chi connectivity index (χ0) is 37.4. The zero-order valence-electron chi connectivity index (χ0n) is 30.9. The second kappa shape index (κ2) is 14.3. The smallest absolute Gasteiger partial charge is 0.306 e. The van der Waals surface area contributed by atoms with Gasteiger partial charge in [0.2, 0.25) is 5.88 Å². The third-order valence-corrected chi connectivity index (χ3v) is 9.01. The van der Waals surface area contributed by atoms with Gasteiger partial charge >= 0.3 is 11.9 Å². The Morgan fingerprint density at radius 3 is 2.60 bits per heavy atom. The van der Waals surface area contributed by atoms with Gasteiger partial charge in [-0.05, 0) is 80.8 Å². The number of esters is 2. The molecule has 5 heterocycles. The zero-order valence-corrected chi connectivity index (χ0v) is 30.9. The Hall–Kier alpha value is -5.46. The highest BCUT2D eigenvalue weighted by molar-refractivity contribution is 6.06. The van der Waals surface area contributed by atoms with Crippen molar-refractivity contribution < 1.29 is 28.6 Å². The van der Waals surface area contributed by atoms with E-state index in [1.165, 1.54) is 22.7 Å². The van der Waals surface area contributed by atoms with E-state index < -0.39 is 11.6 Å². The molecule has 0 aromatic carbocycles. The molecule has 0 spiro atoms. The van der Waals surface area contributed by atoms with Crippen molar-refractivity contribution in [2.24, 2.45) is 12.5 Å². The number of amides is 1. The summed E-state index contributed by atoms with van der Waals surface area (Å²) in [5.74, 6) is 0.186. The van der Waals surface area contributed by atoms with Gasteiger partial charge in [0.05, 0.1) is 6.61 Å². The first-order valence-corrected chi connectivity index (χ1v) is 17.5. The lowest BCUT2D eigenvalue weighted by Crippen LogP contribution is -2.41. The Morgan fingerprint density at radius 2 is 1.85 bits per heavy atom. The van der Waals surface area contributed by atoms with Crippen LogP contribution in [0.5, 0.6) is 5.88 Å². The molecular weight excluding hydrogens is 664 g/mol. The highest BCUT2D eigenvalue weighted by Crippen LogP contribution is 2.40. The molecule has 0 saturated carbocycles. The molecule has 13 heteroatoms. The summed E-state index contributed by atoms with van der Waals surface area (Å²) >= 11 is 0. The lowest BCUT2D eigenvalue weighted by molar-refractivity contribution is -0.155. The molecule has 6 rings (SSSR count). The second-order valence-electron chi connectivity index (χ2n) is 15.2. The van der Waals surface area contributed by atoms with Crippen LogP contribution >= 0.6 is 0 Å². The maximum absolute atomic E-state index is 14.0. The minimum atomic E-state index is -0.546. The number of carbonyl (C=O) groups excluding carboxylic acids is 3. The molecule has 4 aromatic rings. The predicted octanol–water partition coefficient (Wildman–Crippen LogP) is 5.74. The molecule has 0 saturated heterocycles. The number of rotatable bonds is 11. The molecule has 0 atom stereocenters. The van der Waals surface area contributed by atoms with E-state index in [9.17, 15) is 19.2 Å². The van der Waals surface area contributed by atoms with Crippen molar-refractivity contribution in [2.45, 2.75) is 86.0 Å². The van der Waals surface area contributed by atoms with Crippen molar-refractivity contribution in [3.63, 3.8) is 0 Å². The molecular formula is C39H46N6O7. The van der Waals surface area contributed by atoms with Gasteiger partial charge < -0.3 is 28.7 Å². The van der Waals surface area contributed by atoms with Crippen molar-refractivity contribution in [3.8, 4) is 17.0 Å². The van der Waals surface area contributed by atoms with Crippen molar-refractivity contribution in [2.75, 3.05) is 23.4 Å². The monoisotopic (exact) mass is 710 g/mol. The van der Waals surface area contributed by atoms with Crippen LogP contribution in [-0.4, -0.2) is 55.7 Å². The molecule has 0 fully saturated rings. The Bertz CT molecular complexity index is 2090. The van der Waals surface area contributed by atoms with Gasteiger partial charge in [0.15, 0.2) is 0 Å². The largest absolute Gasteiger partial charge is 0.478 e. The van der Waals surface area contributed by atoms with Crippen LogP contribution in [-0.2, 0) is 52.1 Å². The van der Waals surface area contributed by atoms with E-state index in [4.69, 9.17) is 14.2 Å². The molecule has 1 aliphatic carbocycles. The molecule has 0 radical (unpaired) electrons. The molecule has 52 heavy (non-hydrogen) atoms. The van der Waals surface area contributed by atoms with E-state index in [2.05, 4.69) is 33.7 Å². The Labute approximate surface area is 302 Å². The van der Waals surface area contributed by atoms with E-state index in [1.807, 2.05) is 26.8 Å². The van der Waals surface area contributed by atoms with Crippen molar-refractivity contribution in [3.05, 3.63) is 81.7 Å². The number of carbonyl (C=O) groups is 3. The van der Waals surface area contributed by atoms with Crippen LogP contribution in [0.1, 0.15) is 81.7 Å². The molecule has 1 amide bonds. The van der Waals surface area contributed by atoms with Gasteiger partial charge in [0.1, 0.15) is 35.2 Å². The number of fused-ring (bicyclic) bond motifs is 3. The third kappa shape index (κ3) is 8.03. The number of anilines is 3. The summed E-state index contributed by atoms with van der Waals surface area (Å²) in [5.41, 5.74) is 4.48. The van der Waals surface area contributed by atoms with E-state index >= 15 is 0 Å². The van der Waals surface area contributed by atoms with E-state index in [-0.39, 0.29) is 48.2 Å². The highest BCUT2D eigenvalue weighted by atomic mass is 16.6. The van der Waals surface area contributed by atoms with Crippen molar-refractivity contribution in [1.29, 1.82) is 0 Å². The van der Waals surface area contributed by atoms with Crippen LogP contribution in [0.2, 0.25) is 0 Å². The quantitative estimate of drug-likeness (QED) is 0.151. The topological polar surface area (TPSA) is 147 Å². The summed E-state index contributed by atoms with van der Waals surface area (Å²) in [5, 5.41) is 3.12. The third-order valence-electron chi connectivity index (χ3n) is 9.01. The van der Waals surface area contributed by atoms with Gasteiger partial charge in [-0.15, -0.1) is 0 Å². The molecule has 1 N–H and O–H groups in total. The fourth-order valence-electron chi connectivity index (χ4n) is 6.85. The second-order valence-corrected chi connectivity index (χ2v) is 15.2. The molecule has 4 aromatic heterocycles. The van der Waals surface area contributed by atoms with Gasteiger partial charge in [-0.1, -0.05) is 19.9 Å². The molecule has 0 unspecified atom stereocenters. The normalized spacial score (nSPS) is 14.8. The van der Waals surface area contributed by atoms with E-state index in [0.29, 0.717) is 59.4 Å². The number of pyridine rings is 3. The van der Waals surface area contributed by atoms with Crippen molar-refractivity contribution >= 4 is 35.2 Å². The Kier molecular flexibility index (Phi) is 9.98. The van der Waals surface area contributed by atoms with E-state index in [0.717, 1.165) is 12.8 Å². The average molecular weight is 711 g/mol. The van der Waals surface area contributed by atoms with Crippen LogP contribution < -0.4 is 20.5 Å². The van der Waals surface area contributed by atoms with Gasteiger partial charge in [-0.2, -0.15) is 4.98 Å². The highest BCUT2D eigenvalue weighted by Gasteiger charge is 2.37. The lowest BCUT2D eigenvalue weighted by Gasteiger charge is -2.31. The first-order chi connectivity index (χ1) is 24.6. The number of ether oxygens (including phenoxy) is 3. The molecule has 2 aliphatic rings. The number of hydrogen-bond acceptors (Lipinski definition) is 10. The Balaban J connectivity index is 1.25. The lowest BCUT2D eigenvalue weighted by atomic mass is 9.90. The van der Waals surface area contributed by atoms with Crippen LogP contribution in [0.25, 0.3) is 11.1 Å². The fraction of sp³-hybridized carbons (Fsp3) is 0.436. The summed E-state index contributed by atoms with van der Waals surface area (Å²) in [6.45, 7) is 12.5. The average Bonchev–Trinajstić information content (AvgIpc) is 3.55. The maximum Gasteiger partial charge on any atom is 0.306 e. The fourth-order valence-corrected chi connectivity index (χ4v) is 6.85. The van der Waals surface area contributed by atoms with Gasteiger partial charge in [0.25, 0.3) is 11.5 Å². The van der Waals surface area contributed by atoms with Crippen molar-refractivity contribution in [1.82, 2.24) is 19.1 Å². The summed E-state index contributed by atoms with van der Waals surface area (Å²) in [4.78, 5) is 62.2. The minimum absolute atomic E-state index is 0.121. The van der Waals surface area contributed by atoms with Crippen LogP contribution in [0, 0.1) is 5.41 Å². The first-order valence-electron chi connectivity index (χ1n) is 17.5. The number of nitrogens with one attached hydrogen (secondary N) is 1. The number of aryl methyl sites for hydroxylation is 1. The van der Waals surface area contributed by atoms with Gasteiger partial charge in [-0.25, -0.2) is 4.98 Å². The van der Waals surface area contributed by atoms with Crippen LogP contribution in [0.4, 0.5) is 17.3 Å². The SMILES string of the molecule is CC(=O)OCc1c(-c2cc(Nc3cccc(OCCCC(=O)OC(C)(C)C)n3)c(=O)n(C)c2)ccnc1N1CCn2c(cc3c2CC(C)(C)C3)C1=O.